The standard InChI is InChI=1S/C8H12N4O14S8/c1-9-8(27)11-10-6-2-4-7(5-3-6)12-29(15,16)31(19,20)33(23,24)34(25,26)32(21,22)30(17,18)28(13)14/h2-5,10,12H,1H3,(H,13,14)(H2,9,11,27). The largest absolute Gasteiger partial charge is 0.390 e. The average Bonchev–Trinajstić information content (AvgIpc) is 2.71. The minimum atomic E-state index is -7.54. The van der Waals surface area contributed by atoms with E-state index in [1.807, 2.05) is 0 Å². The molecule has 5 N–H and O–H groups in total. The minimum Gasteiger partial charge on any atom is -0.364 e. The summed E-state index contributed by atoms with van der Waals surface area (Å²) < 4.78 is 162. The molecule has 34 heavy (non-hydrogen) atoms. The van der Waals surface area contributed by atoms with E-state index in [0.717, 1.165) is 29.0 Å². The highest BCUT2D eigenvalue weighted by molar-refractivity contribution is 9.34. The zero-order valence-electron chi connectivity index (χ0n) is 15.8. The molecule has 0 aliphatic carbocycles. The van der Waals surface area contributed by atoms with Gasteiger partial charge in [0.25, 0.3) is 10.1 Å². The third kappa shape index (κ3) is 5.12. The molecule has 0 bridgehead atoms. The fourth-order valence-electron chi connectivity index (χ4n) is 1.50. The molecule has 1 unspecified atom stereocenters. The van der Waals surface area contributed by atoms with Gasteiger partial charge in [0.2, 0.25) is 0 Å². The number of rotatable bonds is 10. The van der Waals surface area contributed by atoms with E-state index in [-0.39, 0.29) is 10.8 Å². The summed E-state index contributed by atoms with van der Waals surface area (Å²) in [5.41, 5.74) is 4.49. The van der Waals surface area contributed by atoms with Gasteiger partial charge in [0.1, 0.15) is 0 Å². The Morgan fingerprint density at radius 3 is 1.59 bits per heavy atom. The molecule has 0 heterocycles. The van der Waals surface area contributed by atoms with Crippen LogP contribution in [-0.4, -0.2) is 71.4 Å². The topological polar surface area (TPSA) is 290 Å². The summed E-state index contributed by atoms with van der Waals surface area (Å²) in [6.07, 6.45) is 0. The number of hydrogen-bond acceptors (Lipinski definition) is 15. The zero-order valence-corrected chi connectivity index (χ0v) is 22.4. The first-order valence-corrected chi connectivity index (χ1v) is 20.8. The van der Waals surface area contributed by atoms with Crippen LogP contribution in [0.1, 0.15) is 0 Å². The number of hydrogen-bond donors (Lipinski definition) is 5. The molecule has 1 rings (SSSR count). The van der Waals surface area contributed by atoms with Crippen molar-refractivity contribution in [3.8, 4) is 0 Å². The highest BCUT2D eigenvalue weighted by Crippen LogP contribution is 2.29. The van der Waals surface area contributed by atoms with Gasteiger partial charge in [-0.1, -0.05) is 0 Å². The number of anilines is 2. The monoisotopic (exact) mass is 644 g/mol. The van der Waals surface area contributed by atoms with E-state index in [1.165, 1.54) is 7.05 Å². The molecular weight excluding hydrogens is 633 g/mol. The highest BCUT2D eigenvalue weighted by Gasteiger charge is 2.62. The number of benzene rings is 1. The number of nitrogens with one attached hydrogen (secondary N) is 4. The molecule has 0 fully saturated rings. The lowest BCUT2D eigenvalue weighted by Gasteiger charge is -2.12. The van der Waals surface area contributed by atoms with E-state index >= 15 is 0 Å². The van der Waals surface area contributed by atoms with Crippen LogP contribution >= 0.6 is 12.2 Å². The van der Waals surface area contributed by atoms with Crippen LogP contribution in [0.25, 0.3) is 0 Å². The minimum absolute atomic E-state index is 0.129. The van der Waals surface area contributed by atoms with E-state index in [1.54, 1.807) is 0 Å². The Morgan fingerprint density at radius 2 is 1.18 bits per heavy atom. The van der Waals surface area contributed by atoms with E-state index < -0.39 is 64.4 Å². The Morgan fingerprint density at radius 1 is 0.765 bits per heavy atom. The quantitative estimate of drug-likeness (QED) is 0.0718. The summed E-state index contributed by atoms with van der Waals surface area (Å²) in [5, 5.41) is 2.66. The zero-order chi connectivity index (χ0) is 27.0. The first-order chi connectivity index (χ1) is 15.1. The van der Waals surface area contributed by atoms with Gasteiger partial charge in [-0.3, -0.25) is 20.1 Å². The van der Waals surface area contributed by atoms with E-state index in [4.69, 9.17) is 16.8 Å². The Kier molecular flexibility index (Phi) is 8.71. The maximum absolute atomic E-state index is 12.1. The number of hydrazine groups is 1. The van der Waals surface area contributed by atoms with Crippen LogP contribution in [0.4, 0.5) is 11.4 Å². The van der Waals surface area contributed by atoms with Gasteiger partial charge < -0.3 is 5.32 Å². The lowest BCUT2D eigenvalue weighted by Crippen LogP contribution is -2.39. The van der Waals surface area contributed by atoms with Crippen molar-refractivity contribution >= 4 is 87.4 Å². The van der Waals surface area contributed by atoms with Crippen LogP contribution in [0.3, 0.4) is 0 Å². The highest BCUT2D eigenvalue weighted by atomic mass is 34.0. The SMILES string of the molecule is CNC(=S)NNc1ccc(NS(=O)(=O)S(=O)(=O)S(=O)(=O)S(=O)(=O)S(=O)(=O)S(=O)(=O)S(=O)O)cc1. The van der Waals surface area contributed by atoms with Gasteiger partial charge in [0.05, 0.1) is 5.69 Å². The molecule has 26 heteroatoms. The Bertz CT molecular complexity index is 1650. The van der Waals surface area contributed by atoms with Crippen molar-refractivity contribution in [3.05, 3.63) is 24.3 Å². The summed E-state index contributed by atoms with van der Waals surface area (Å²) in [7, 11) is -45.7. The fourth-order valence-corrected chi connectivity index (χ4v) is 33.6. The first kappa shape index (κ1) is 30.4. The maximum Gasteiger partial charge on any atom is 0.390 e. The second-order valence-corrected chi connectivity index (χ2v) is 29.8. The molecule has 0 spiro atoms. The van der Waals surface area contributed by atoms with Crippen LogP contribution in [0.15, 0.2) is 24.3 Å². The van der Waals surface area contributed by atoms with Crippen LogP contribution in [0.2, 0.25) is 0 Å². The lowest BCUT2D eigenvalue weighted by atomic mass is 10.3. The van der Waals surface area contributed by atoms with Crippen molar-refractivity contribution in [2.75, 3.05) is 17.2 Å². The van der Waals surface area contributed by atoms with Crippen molar-refractivity contribution < 1.29 is 59.3 Å². The molecule has 1 aromatic rings. The molecule has 0 saturated carbocycles. The second-order valence-electron chi connectivity index (χ2n) is 5.22. The lowest BCUT2D eigenvalue weighted by molar-refractivity contribution is 0.562. The normalized spacial score (nSPS) is 14.5. The van der Waals surface area contributed by atoms with Gasteiger partial charge >= 0.3 is 48.6 Å². The molecule has 1 aromatic carbocycles. The van der Waals surface area contributed by atoms with E-state index in [2.05, 4.69) is 16.2 Å². The summed E-state index contributed by atoms with van der Waals surface area (Å²) in [4.78, 5) is 0. The predicted molar refractivity (Wildman–Crippen MR) is 123 cm³/mol. The van der Waals surface area contributed by atoms with Crippen molar-refractivity contribution in [2.45, 2.75) is 0 Å². The molecule has 0 aliphatic rings. The van der Waals surface area contributed by atoms with Gasteiger partial charge in [0, 0.05) is 12.7 Å². The van der Waals surface area contributed by atoms with Gasteiger partial charge in [-0.2, -0.15) is 50.5 Å². The van der Waals surface area contributed by atoms with E-state index in [9.17, 15) is 54.7 Å². The Hall–Kier alpha value is -1.68. The average molecular weight is 645 g/mol. The van der Waals surface area contributed by atoms with Crippen molar-refractivity contribution in [2.24, 2.45) is 0 Å². The summed E-state index contributed by atoms with van der Waals surface area (Å²) in [5.74, 6) is 0. The molecular formula is C8H12N4O14S8. The predicted octanol–water partition coefficient (Wildman–Crippen LogP) is -3.37. The Labute approximate surface area is 197 Å². The van der Waals surface area contributed by atoms with Crippen LogP contribution in [-0.2, 0) is 58.7 Å². The van der Waals surface area contributed by atoms with Crippen molar-refractivity contribution in [1.29, 1.82) is 0 Å². The molecule has 0 radical (unpaired) electrons. The summed E-state index contributed by atoms with van der Waals surface area (Å²) >= 11 is 4.76. The van der Waals surface area contributed by atoms with Crippen LogP contribution in [0, 0.1) is 0 Å². The van der Waals surface area contributed by atoms with Crippen molar-refractivity contribution in [1.82, 2.24) is 10.7 Å². The molecule has 0 aromatic heterocycles. The van der Waals surface area contributed by atoms with Gasteiger partial charge in [-0.25, -0.2) is 4.21 Å². The number of thiocarbonyl (C=S) groups is 1. The molecule has 1 atom stereocenters. The van der Waals surface area contributed by atoms with Gasteiger partial charge in [-0.05, 0) is 36.5 Å². The van der Waals surface area contributed by atoms with Gasteiger partial charge in [0.15, 0.2) is 5.11 Å². The van der Waals surface area contributed by atoms with Crippen molar-refractivity contribution in [3.63, 3.8) is 0 Å². The molecule has 0 aliphatic heterocycles. The smallest absolute Gasteiger partial charge is 0.364 e. The third-order valence-electron chi connectivity index (χ3n) is 3.12. The van der Waals surface area contributed by atoms with Crippen LogP contribution < -0.4 is 20.9 Å². The van der Waals surface area contributed by atoms with Gasteiger partial charge in [-0.15, -0.1) is 0 Å². The fraction of sp³-hybridized carbons (Fsp3) is 0.125. The van der Waals surface area contributed by atoms with Crippen LogP contribution in [0.5, 0.6) is 0 Å². The molecule has 0 saturated heterocycles. The molecule has 196 valence electrons. The first-order valence-electron chi connectivity index (χ1n) is 7.33. The molecule has 0 amide bonds. The van der Waals surface area contributed by atoms with E-state index in [0.29, 0.717) is 0 Å². The third-order valence-corrected chi connectivity index (χ3v) is 34.4. The summed E-state index contributed by atoms with van der Waals surface area (Å²) in [6.45, 7) is 0. The summed E-state index contributed by atoms with van der Waals surface area (Å²) in [6, 6.07) is 3.87. The Balaban J connectivity index is 3.45. The maximum atomic E-state index is 12.1. The second kappa shape index (κ2) is 9.76. The molecule has 18 nitrogen and oxygen atoms in total.